The molecule has 5 heteroatoms. The molecule has 1 atom stereocenters. The van der Waals surface area contributed by atoms with E-state index >= 15 is 0 Å². The van der Waals surface area contributed by atoms with Crippen LogP contribution in [0.5, 0.6) is 23.0 Å². The van der Waals surface area contributed by atoms with Crippen LogP contribution in [-0.2, 0) is 0 Å². The minimum Gasteiger partial charge on any atom is -0.453 e. The second kappa shape index (κ2) is 7.19. The molecule has 26 heavy (non-hydrogen) atoms. The van der Waals surface area contributed by atoms with Crippen molar-refractivity contribution < 1.29 is 14.3 Å². The Balaban J connectivity index is 1.66. The second-order valence-electron chi connectivity index (χ2n) is 5.94. The van der Waals surface area contributed by atoms with Crippen molar-refractivity contribution in [3.63, 3.8) is 0 Å². The third kappa shape index (κ3) is 3.62. The van der Waals surface area contributed by atoms with Crippen LogP contribution in [0.2, 0.25) is 0 Å². The SMILES string of the molecule is O=C1NC[C@H](c2ccc(Oc3ccccc3)c(Oc3ccccc3)c2)N1. The zero-order chi connectivity index (χ0) is 17.8. The lowest BCUT2D eigenvalue weighted by atomic mass is 10.1. The molecule has 130 valence electrons. The number of ether oxygens (including phenoxy) is 2. The lowest BCUT2D eigenvalue weighted by Crippen LogP contribution is -2.21. The molecule has 3 aromatic rings. The van der Waals surface area contributed by atoms with Crippen molar-refractivity contribution in [3.05, 3.63) is 84.4 Å². The molecule has 1 heterocycles. The van der Waals surface area contributed by atoms with Gasteiger partial charge in [-0.05, 0) is 42.0 Å². The number of rotatable bonds is 5. The number of benzene rings is 3. The summed E-state index contributed by atoms with van der Waals surface area (Å²) < 4.78 is 12.0. The number of hydrogen-bond acceptors (Lipinski definition) is 3. The maximum Gasteiger partial charge on any atom is 0.315 e. The van der Waals surface area contributed by atoms with E-state index in [1.165, 1.54) is 0 Å². The van der Waals surface area contributed by atoms with Gasteiger partial charge in [0.15, 0.2) is 11.5 Å². The van der Waals surface area contributed by atoms with Crippen LogP contribution in [0.1, 0.15) is 11.6 Å². The molecule has 3 aromatic carbocycles. The van der Waals surface area contributed by atoms with Crippen molar-refractivity contribution in [1.82, 2.24) is 10.6 Å². The van der Waals surface area contributed by atoms with Crippen molar-refractivity contribution in [2.45, 2.75) is 6.04 Å². The van der Waals surface area contributed by atoms with Gasteiger partial charge < -0.3 is 20.1 Å². The Morgan fingerprint density at radius 2 is 1.38 bits per heavy atom. The summed E-state index contributed by atoms with van der Waals surface area (Å²) in [6.07, 6.45) is 0. The van der Waals surface area contributed by atoms with E-state index in [4.69, 9.17) is 9.47 Å². The number of hydrogen-bond donors (Lipinski definition) is 2. The Bertz CT molecular complexity index is 898. The van der Waals surface area contributed by atoms with Crippen molar-refractivity contribution in [2.24, 2.45) is 0 Å². The highest BCUT2D eigenvalue weighted by Gasteiger charge is 2.23. The highest BCUT2D eigenvalue weighted by Crippen LogP contribution is 2.37. The van der Waals surface area contributed by atoms with Gasteiger partial charge in [0.25, 0.3) is 0 Å². The molecule has 1 fully saturated rings. The van der Waals surface area contributed by atoms with E-state index in [2.05, 4.69) is 10.6 Å². The summed E-state index contributed by atoms with van der Waals surface area (Å²) in [5.41, 5.74) is 0.953. The summed E-state index contributed by atoms with van der Waals surface area (Å²) in [4.78, 5) is 11.4. The molecule has 1 aliphatic heterocycles. The highest BCUT2D eigenvalue weighted by molar-refractivity contribution is 5.77. The third-order valence-corrected chi connectivity index (χ3v) is 4.08. The van der Waals surface area contributed by atoms with Crippen LogP contribution in [0.3, 0.4) is 0 Å². The molecule has 0 saturated carbocycles. The standard InChI is InChI=1S/C21H18N2O3/c24-21-22-14-18(23-21)15-11-12-19(25-16-7-3-1-4-8-16)20(13-15)26-17-9-5-2-6-10-17/h1-13,18H,14H2,(H2,22,23,24)/t18-/m1/s1. The number of urea groups is 1. The molecule has 1 aliphatic rings. The van der Waals surface area contributed by atoms with Gasteiger partial charge in [-0.25, -0.2) is 4.79 Å². The molecule has 2 N–H and O–H groups in total. The number of carbonyl (C=O) groups is 1. The molecule has 2 amide bonds. The van der Waals surface area contributed by atoms with Crippen molar-refractivity contribution in [3.8, 4) is 23.0 Å². The molecule has 1 saturated heterocycles. The van der Waals surface area contributed by atoms with Crippen molar-refractivity contribution in [2.75, 3.05) is 6.54 Å². The van der Waals surface area contributed by atoms with Gasteiger partial charge in [0.2, 0.25) is 0 Å². The van der Waals surface area contributed by atoms with Gasteiger partial charge in [-0.2, -0.15) is 0 Å². The summed E-state index contributed by atoms with van der Waals surface area (Å²) in [7, 11) is 0. The monoisotopic (exact) mass is 346 g/mol. The Hall–Kier alpha value is -3.47. The molecule has 0 aromatic heterocycles. The first-order valence-corrected chi connectivity index (χ1v) is 8.42. The first-order valence-electron chi connectivity index (χ1n) is 8.42. The van der Waals surface area contributed by atoms with E-state index in [1.54, 1.807) is 0 Å². The van der Waals surface area contributed by atoms with Gasteiger partial charge in [0.1, 0.15) is 11.5 Å². The fourth-order valence-electron chi connectivity index (χ4n) is 2.79. The van der Waals surface area contributed by atoms with E-state index in [-0.39, 0.29) is 12.1 Å². The third-order valence-electron chi connectivity index (χ3n) is 4.08. The predicted octanol–water partition coefficient (Wildman–Crippen LogP) is 4.63. The van der Waals surface area contributed by atoms with Gasteiger partial charge in [-0.1, -0.05) is 42.5 Å². The van der Waals surface area contributed by atoms with Crippen LogP contribution in [0.25, 0.3) is 0 Å². The van der Waals surface area contributed by atoms with Gasteiger partial charge in [-0.3, -0.25) is 0 Å². The van der Waals surface area contributed by atoms with E-state index < -0.39 is 0 Å². The minimum absolute atomic E-state index is 0.0913. The lowest BCUT2D eigenvalue weighted by molar-refractivity contribution is 0.247. The summed E-state index contributed by atoms with van der Waals surface area (Å²) in [6.45, 7) is 0.544. The molecule has 0 radical (unpaired) electrons. The number of amides is 2. The number of para-hydroxylation sites is 2. The predicted molar refractivity (Wildman–Crippen MR) is 98.7 cm³/mol. The van der Waals surface area contributed by atoms with Gasteiger partial charge in [0, 0.05) is 6.54 Å². The molecule has 0 bridgehead atoms. The Labute approximate surface area is 151 Å². The van der Waals surface area contributed by atoms with Crippen LogP contribution < -0.4 is 20.1 Å². The summed E-state index contributed by atoms with van der Waals surface area (Å²) in [6, 6.07) is 24.5. The van der Waals surface area contributed by atoms with Gasteiger partial charge in [0.05, 0.1) is 6.04 Å². The maximum absolute atomic E-state index is 11.4. The zero-order valence-electron chi connectivity index (χ0n) is 14.0. The van der Waals surface area contributed by atoms with E-state index in [0.29, 0.717) is 18.0 Å². The Morgan fingerprint density at radius 3 is 1.96 bits per heavy atom. The number of carbonyl (C=O) groups excluding carboxylic acids is 1. The van der Waals surface area contributed by atoms with Gasteiger partial charge in [-0.15, -0.1) is 0 Å². The maximum atomic E-state index is 11.4. The fourth-order valence-corrected chi connectivity index (χ4v) is 2.79. The molecule has 0 spiro atoms. The van der Waals surface area contributed by atoms with E-state index in [9.17, 15) is 4.79 Å². The smallest absolute Gasteiger partial charge is 0.315 e. The molecule has 0 aliphatic carbocycles. The van der Waals surface area contributed by atoms with Crippen LogP contribution in [0, 0.1) is 0 Å². The number of nitrogens with one attached hydrogen (secondary N) is 2. The first-order chi connectivity index (χ1) is 12.8. The summed E-state index contributed by atoms with van der Waals surface area (Å²) >= 11 is 0. The van der Waals surface area contributed by atoms with E-state index in [0.717, 1.165) is 17.1 Å². The molecule has 4 rings (SSSR count). The average Bonchev–Trinajstić information content (AvgIpc) is 3.11. The lowest BCUT2D eigenvalue weighted by Gasteiger charge is -2.16. The Morgan fingerprint density at radius 1 is 0.769 bits per heavy atom. The molecular formula is C21H18N2O3. The highest BCUT2D eigenvalue weighted by atomic mass is 16.5. The largest absolute Gasteiger partial charge is 0.453 e. The second-order valence-corrected chi connectivity index (χ2v) is 5.94. The Kier molecular flexibility index (Phi) is 4.43. The molecular weight excluding hydrogens is 328 g/mol. The normalized spacial score (nSPS) is 15.8. The zero-order valence-corrected chi connectivity index (χ0v) is 14.0. The minimum atomic E-state index is -0.162. The fraction of sp³-hybridized carbons (Fsp3) is 0.0952. The average molecular weight is 346 g/mol. The van der Waals surface area contributed by atoms with Crippen LogP contribution in [-0.4, -0.2) is 12.6 Å². The summed E-state index contributed by atoms with van der Waals surface area (Å²) in [5.74, 6) is 2.66. The van der Waals surface area contributed by atoms with Crippen molar-refractivity contribution >= 4 is 6.03 Å². The first kappa shape index (κ1) is 16.0. The molecule has 5 nitrogen and oxygen atoms in total. The summed E-state index contributed by atoms with van der Waals surface area (Å²) in [5, 5.41) is 5.65. The van der Waals surface area contributed by atoms with E-state index in [1.807, 2.05) is 78.9 Å². The van der Waals surface area contributed by atoms with Gasteiger partial charge >= 0.3 is 6.03 Å². The topological polar surface area (TPSA) is 59.6 Å². The van der Waals surface area contributed by atoms with Crippen LogP contribution in [0.15, 0.2) is 78.9 Å². The van der Waals surface area contributed by atoms with Crippen LogP contribution in [0.4, 0.5) is 4.79 Å². The molecule has 0 unspecified atom stereocenters. The van der Waals surface area contributed by atoms with Crippen LogP contribution >= 0.6 is 0 Å². The quantitative estimate of drug-likeness (QED) is 0.708. The van der Waals surface area contributed by atoms with Crippen molar-refractivity contribution in [1.29, 1.82) is 0 Å².